The van der Waals surface area contributed by atoms with E-state index in [4.69, 9.17) is 0 Å². The SMILES string of the molecule is CC#CCCC1(O)CCC(c2ccccc2)CC1. The number of aliphatic hydroxyl groups is 1. The first kappa shape index (κ1) is 13.2. The van der Waals surface area contributed by atoms with Gasteiger partial charge in [-0.3, -0.25) is 0 Å². The second-order valence-corrected chi connectivity index (χ2v) is 5.34. The van der Waals surface area contributed by atoms with Crippen molar-refractivity contribution in [2.45, 2.75) is 57.0 Å². The molecular formula is C17H22O. The Morgan fingerprint density at radius 1 is 1.22 bits per heavy atom. The monoisotopic (exact) mass is 242 g/mol. The second-order valence-electron chi connectivity index (χ2n) is 5.34. The van der Waals surface area contributed by atoms with Gasteiger partial charge in [0.2, 0.25) is 0 Å². The van der Waals surface area contributed by atoms with Gasteiger partial charge >= 0.3 is 0 Å². The number of hydrogen-bond acceptors (Lipinski definition) is 1. The van der Waals surface area contributed by atoms with Crippen LogP contribution in [0.15, 0.2) is 30.3 Å². The summed E-state index contributed by atoms with van der Waals surface area (Å²) in [5, 5.41) is 10.5. The maximum atomic E-state index is 10.5. The molecule has 1 aromatic rings. The lowest BCUT2D eigenvalue weighted by Gasteiger charge is -2.36. The molecular weight excluding hydrogens is 220 g/mol. The average molecular weight is 242 g/mol. The summed E-state index contributed by atoms with van der Waals surface area (Å²) < 4.78 is 0. The van der Waals surface area contributed by atoms with Crippen LogP contribution >= 0.6 is 0 Å². The summed E-state index contributed by atoms with van der Waals surface area (Å²) in [7, 11) is 0. The van der Waals surface area contributed by atoms with Crippen LogP contribution in [0, 0.1) is 11.8 Å². The molecule has 1 aromatic carbocycles. The van der Waals surface area contributed by atoms with Gasteiger partial charge in [-0.1, -0.05) is 30.3 Å². The first-order chi connectivity index (χ1) is 8.73. The van der Waals surface area contributed by atoms with E-state index in [9.17, 15) is 5.11 Å². The van der Waals surface area contributed by atoms with Crippen molar-refractivity contribution in [3.63, 3.8) is 0 Å². The maximum Gasteiger partial charge on any atom is 0.0657 e. The Kier molecular flexibility index (Phi) is 4.44. The fourth-order valence-corrected chi connectivity index (χ4v) is 2.88. The van der Waals surface area contributed by atoms with E-state index < -0.39 is 5.60 Å². The molecule has 1 N–H and O–H groups in total. The van der Waals surface area contributed by atoms with Crippen LogP contribution < -0.4 is 0 Å². The fourth-order valence-electron chi connectivity index (χ4n) is 2.88. The molecule has 1 aliphatic rings. The summed E-state index contributed by atoms with van der Waals surface area (Å²) in [4.78, 5) is 0. The molecule has 1 aliphatic carbocycles. The predicted octanol–water partition coefficient (Wildman–Crippen LogP) is 3.88. The molecule has 0 spiro atoms. The second kappa shape index (κ2) is 6.07. The van der Waals surface area contributed by atoms with Crippen LogP contribution in [-0.2, 0) is 0 Å². The van der Waals surface area contributed by atoms with Crippen LogP contribution in [0.4, 0.5) is 0 Å². The van der Waals surface area contributed by atoms with Crippen LogP contribution in [0.25, 0.3) is 0 Å². The lowest BCUT2D eigenvalue weighted by molar-refractivity contribution is -0.00715. The summed E-state index contributed by atoms with van der Waals surface area (Å²) in [5.41, 5.74) is 0.961. The van der Waals surface area contributed by atoms with Crippen molar-refractivity contribution >= 4 is 0 Å². The van der Waals surface area contributed by atoms with E-state index in [0.717, 1.165) is 38.5 Å². The normalized spacial score (nSPS) is 27.3. The summed E-state index contributed by atoms with van der Waals surface area (Å²) in [5.74, 6) is 6.58. The summed E-state index contributed by atoms with van der Waals surface area (Å²) >= 11 is 0. The van der Waals surface area contributed by atoms with E-state index >= 15 is 0 Å². The first-order valence-electron chi connectivity index (χ1n) is 6.90. The zero-order valence-electron chi connectivity index (χ0n) is 11.2. The molecule has 1 saturated carbocycles. The van der Waals surface area contributed by atoms with Gasteiger partial charge in [0.15, 0.2) is 0 Å². The molecule has 96 valence electrons. The number of hydrogen-bond donors (Lipinski definition) is 1. The molecule has 1 nitrogen and oxygen atoms in total. The minimum Gasteiger partial charge on any atom is -0.390 e. The predicted molar refractivity (Wildman–Crippen MR) is 75.3 cm³/mol. The lowest BCUT2D eigenvalue weighted by Crippen LogP contribution is -2.33. The van der Waals surface area contributed by atoms with E-state index in [1.165, 1.54) is 5.56 Å². The van der Waals surface area contributed by atoms with Crippen LogP contribution in [0.3, 0.4) is 0 Å². The Hall–Kier alpha value is -1.26. The van der Waals surface area contributed by atoms with E-state index in [1.54, 1.807) is 0 Å². The van der Waals surface area contributed by atoms with E-state index in [1.807, 2.05) is 6.92 Å². The van der Waals surface area contributed by atoms with Gasteiger partial charge in [-0.25, -0.2) is 0 Å². The van der Waals surface area contributed by atoms with Crippen molar-refractivity contribution in [3.8, 4) is 11.8 Å². The zero-order valence-corrected chi connectivity index (χ0v) is 11.2. The Bertz CT molecular complexity index is 416. The Balaban J connectivity index is 1.89. The van der Waals surface area contributed by atoms with Crippen molar-refractivity contribution in [1.82, 2.24) is 0 Å². The maximum absolute atomic E-state index is 10.5. The molecule has 0 unspecified atom stereocenters. The molecule has 0 radical (unpaired) electrons. The molecule has 1 heteroatoms. The van der Waals surface area contributed by atoms with Gasteiger partial charge in [0.05, 0.1) is 5.60 Å². The molecule has 18 heavy (non-hydrogen) atoms. The van der Waals surface area contributed by atoms with Crippen molar-refractivity contribution in [2.75, 3.05) is 0 Å². The van der Waals surface area contributed by atoms with Gasteiger partial charge in [-0.15, -0.1) is 11.8 Å². The first-order valence-corrected chi connectivity index (χ1v) is 6.90. The topological polar surface area (TPSA) is 20.2 Å². The van der Waals surface area contributed by atoms with Gasteiger partial charge < -0.3 is 5.11 Å². The molecule has 0 atom stereocenters. The highest BCUT2D eigenvalue weighted by Gasteiger charge is 2.32. The third-order valence-corrected chi connectivity index (χ3v) is 4.08. The van der Waals surface area contributed by atoms with Crippen LogP contribution in [0.5, 0.6) is 0 Å². The Morgan fingerprint density at radius 2 is 1.89 bits per heavy atom. The van der Waals surface area contributed by atoms with Crippen molar-refractivity contribution in [2.24, 2.45) is 0 Å². The molecule has 0 saturated heterocycles. The Labute approximate surface area is 110 Å². The van der Waals surface area contributed by atoms with Gasteiger partial charge in [0, 0.05) is 6.42 Å². The highest BCUT2D eigenvalue weighted by molar-refractivity contribution is 5.20. The molecule has 0 amide bonds. The van der Waals surface area contributed by atoms with Gasteiger partial charge in [0.25, 0.3) is 0 Å². The standard InChI is InChI=1S/C17H22O/c1-2-3-7-12-17(18)13-10-16(11-14-17)15-8-5-4-6-9-15/h4-6,8-9,16,18H,7,10-14H2,1H3. The number of rotatable bonds is 3. The lowest BCUT2D eigenvalue weighted by atomic mass is 9.74. The van der Waals surface area contributed by atoms with Gasteiger partial charge in [0.1, 0.15) is 0 Å². The van der Waals surface area contributed by atoms with Gasteiger partial charge in [-0.2, -0.15) is 0 Å². The summed E-state index contributed by atoms with van der Waals surface area (Å²) in [6, 6.07) is 10.7. The largest absolute Gasteiger partial charge is 0.390 e. The fraction of sp³-hybridized carbons (Fsp3) is 0.529. The van der Waals surface area contributed by atoms with E-state index in [0.29, 0.717) is 5.92 Å². The van der Waals surface area contributed by atoms with E-state index in [2.05, 4.69) is 42.2 Å². The quantitative estimate of drug-likeness (QED) is 0.798. The van der Waals surface area contributed by atoms with Crippen LogP contribution in [-0.4, -0.2) is 10.7 Å². The minimum absolute atomic E-state index is 0.463. The van der Waals surface area contributed by atoms with Crippen molar-refractivity contribution in [1.29, 1.82) is 0 Å². The highest BCUT2D eigenvalue weighted by atomic mass is 16.3. The molecule has 0 aromatic heterocycles. The highest BCUT2D eigenvalue weighted by Crippen LogP contribution is 2.39. The molecule has 1 fully saturated rings. The third-order valence-electron chi connectivity index (χ3n) is 4.08. The molecule has 0 aliphatic heterocycles. The zero-order chi connectivity index (χ0) is 12.8. The summed E-state index contributed by atoms with van der Waals surface area (Å²) in [6.07, 6.45) is 5.67. The van der Waals surface area contributed by atoms with Crippen molar-refractivity contribution in [3.05, 3.63) is 35.9 Å². The Morgan fingerprint density at radius 3 is 2.50 bits per heavy atom. The minimum atomic E-state index is -0.463. The van der Waals surface area contributed by atoms with Crippen LogP contribution in [0.1, 0.15) is 56.9 Å². The molecule has 2 rings (SSSR count). The van der Waals surface area contributed by atoms with Crippen molar-refractivity contribution < 1.29 is 5.11 Å². The number of benzene rings is 1. The third kappa shape index (κ3) is 3.37. The molecule has 0 heterocycles. The van der Waals surface area contributed by atoms with Gasteiger partial charge in [-0.05, 0) is 50.5 Å². The van der Waals surface area contributed by atoms with E-state index in [-0.39, 0.29) is 0 Å². The summed E-state index contributed by atoms with van der Waals surface area (Å²) in [6.45, 7) is 1.86. The van der Waals surface area contributed by atoms with Crippen LogP contribution in [0.2, 0.25) is 0 Å². The molecule has 0 bridgehead atoms. The average Bonchev–Trinajstić information content (AvgIpc) is 2.41. The smallest absolute Gasteiger partial charge is 0.0657 e.